The van der Waals surface area contributed by atoms with Crippen molar-refractivity contribution in [1.29, 1.82) is 0 Å². The Balaban J connectivity index is 1.75. The van der Waals surface area contributed by atoms with Gasteiger partial charge in [-0.05, 0) is 97.2 Å². The maximum Gasteiger partial charge on any atom is -0.00101 e. The molecular weight excluding hydrogens is 324 g/mol. The molecule has 0 aromatic heterocycles. The lowest BCUT2D eigenvalue weighted by Crippen LogP contribution is -2.34. The fraction of sp³-hybridized carbons (Fsp3) is 0.407. The summed E-state index contributed by atoms with van der Waals surface area (Å²) in [6.07, 6.45) is 10.5. The van der Waals surface area contributed by atoms with Crippen molar-refractivity contribution in [2.75, 3.05) is 0 Å². The Morgan fingerprint density at radius 1 is 0.704 bits per heavy atom. The third kappa shape index (κ3) is 2.42. The van der Waals surface area contributed by atoms with E-state index >= 15 is 0 Å². The zero-order chi connectivity index (χ0) is 19.1. The van der Waals surface area contributed by atoms with Crippen LogP contribution in [-0.2, 0) is 18.3 Å². The molecule has 0 radical (unpaired) electrons. The van der Waals surface area contributed by atoms with E-state index in [4.69, 9.17) is 0 Å². The highest BCUT2D eigenvalue weighted by molar-refractivity contribution is 5.85. The predicted octanol–water partition coefficient (Wildman–Crippen LogP) is 5.51. The van der Waals surface area contributed by atoms with Gasteiger partial charge in [0.2, 0.25) is 0 Å². The standard InChI is InChI=1S/C27H30/c1-26(2,3)24-11-10-17-12-20-18(14-21(17)24)15-23-22(20)13-16-8-7-9-19(16)25(23)27(4,5)6/h8-9,11-14H,7,10,15H2,1-6H3. The SMILES string of the molecule is CC(C)(C)C1=CCc2cc3c(cc21)Cc1c-3cc2c(c1C(C)(C)C)=CCC=2. The van der Waals surface area contributed by atoms with Gasteiger partial charge in [0.15, 0.2) is 0 Å². The lowest BCUT2D eigenvalue weighted by atomic mass is 9.80. The fourth-order valence-electron chi connectivity index (χ4n) is 5.46. The van der Waals surface area contributed by atoms with Crippen LogP contribution in [0.4, 0.5) is 0 Å². The molecule has 0 unspecified atom stereocenters. The van der Waals surface area contributed by atoms with Crippen molar-refractivity contribution in [3.05, 3.63) is 62.5 Å². The number of hydrogen-bond acceptors (Lipinski definition) is 0. The molecular formula is C27H30. The maximum absolute atomic E-state index is 2.51. The van der Waals surface area contributed by atoms with Crippen LogP contribution in [0.2, 0.25) is 0 Å². The molecule has 138 valence electrons. The summed E-state index contributed by atoms with van der Waals surface area (Å²) in [6, 6.07) is 7.48. The van der Waals surface area contributed by atoms with Crippen molar-refractivity contribution in [3.8, 4) is 11.1 Å². The average molecular weight is 355 g/mol. The Morgan fingerprint density at radius 3 is 2.15 bits per heavy atom. The first-order valence-electron chi connectivity index (χ1n) is 10.4. The molecule has 0 saturated carbocycles. The van der Waals surface area contributed by atoms with E-state index in [0.717, 1.165) is 19.3 Å². The van der Waals surface area contributed by atoms with Crippen LogP contribution in [0, 0.1) is 5.41 Å². The minimum Gasteiger partial charge on any atom is -0.0758 e. The van der Waals surface area contributed by atoms with Crippen molar-refractivity contribution < 1.29 is 0 Å². The topological polar surface area (TPSA) is 0 Å². The van der Waals surface area contributed by atoms with E-state index in [1.807, 2.05) is 0 Å². The summed E-state index contributed by atoms with van der Waals surface area (Å²) in [6.45, 7) is 14.1. The highest BCUT2D eigenvalue weighted by atomic mass is 14.4. The van der Waals surface area contributed by atoms with Gasteiger partial charge >= 0.3 is 0 Å². The van der Waals surface area contributed by atoms with Gasteiger partial charge < -0.3 is 0 Å². The highest BCUT2D eigenvalue weighted by Crippen LogP contribution is 2.46. The monoisotopic (exact) mass is 354 g/mol. The van der Waals surface area contributed by atoms with E-state index in [0.29, 0.717) is 0 Å². The molecule has 0 nitrogen and oxygen atoms in total. The molecule has 3 aliphatic carbocycles. The number of benzene rings is 2. The largest absolute Gasteiger partial charge is 0.0758 e. The van der Waals surface area contributed by atoms with Gasteiger partial charge in [0, 0.05) is 0 Å². The Morgan fingerprint density at radius 2 is 1.44 bits per heavy atom. The molecule has 0 atom stereocenters. The van der Waals surface area contributed by atoms with Gasteiger partial charge in [-0.3, -0.25) is 0 Å². The number of fused-ring (bicyclic) bond motifs is 5. The lowest BCUT2D eigenvalue weighted by molar-refractivity contribution is 0.567. The summed E-state index contributed by atoms with van der Waals surface area (Å²) in [5, 5.41) is 2.94. The molecule has 5 rings (SSSR count). The molecule has 0 saturated heterocycles. The predicted molar refractivity (Wildman–Crippen MR) is 117 cm³/mol. The van der Waals surface area contributed by atoms with E-state index in [2.05, 4.69) is 78.0 Å². The van der Waals surface area contributed by atoms with Gasteiger partial charge in [-0.1, -0.05) is 65.8 Å². The first-order valence-corrected chi connectivity index (χ1v) is 10.4. The van der Waals surface area contributed by atoms with Crippen molar-refractivity contribution in [2.45, 2.75) is 66.2 Å². The van der Waals surface area contributed by atoms with Crippen LogP contribution in [-0.4, -0.2) is 0 Å². The average Bonchev–Trinajstić information content (AvgIpc) is 3.24. The smallest absolute Gasteiger partial charge is 0.00101 e. The Labute approximate surface area is 163 Å². The van der Waals surface area contributed by atoms with E-state index in [9.17, 15) is 0 Å². The second kappa shape index (κ2) is 5.25. The van der Waals surface area contributed by atoms with E-state index in [1.165, 1.54) is 43.8 Å². The Hall–Kier alpha value is -2.08. The number of hydrogen-bond donors (Lipinski definition) is 0. The summed E-state index contributed by atoms with van der Waals surface area (Å²) < 4.78 is 0. The maximum atomic E-state index is 2.51. The van der Waals surface area contributed by atoms with Crippen LogP contribution in [0.15, 0.2) is 24.3 Å². The fourth-order valence-corrected chi connectivity index (χ4v) is 5.46. The second-order valence-corrected chi connectivity index (χ2v) is 10.6. The van der Waals surface area contributed by atoms with Gasteiger partial charge in [0.1, 0.15) is 0 Å². The van der Waals surface area contributed by atoms with Crippen molar-refractivity contribution in [3.63, 3.8) is 0 Å². The minimum atomic E-state index is 0.172. The molecule has 0 aliphatic heterocycles. The molecule has 27 heavy (non-hydrogen) atoms. The summed E-state index contributed by atoms with van der Waals surface area (Å²) in [4.78, 5) is 0. The van der Waals surface area contributed by atoms with Crippen LogP contribution in [0.3, 0.4) is 0 Å². The van der Waals surface area contributed by atoms with Gasteiger partial charge in [-0.15, -0.1) is 0 Å². The van der Waals surface area contributed by atoms with Crippen LogP contribution >= 0.6 is 0 Å². The summed E-state index contributed by atoms with van der Waals surface area (Å²) in [5.74, 6) is 0. The molecule has 2 aromatic rings. The van der Waals surface area contributed by atoms with Gasteiger partial charge in [0.25, 0.3) is 0 Å². The zero-order valence-electron chi connectivity index (χ0n) is 17.6. The minimum absolute atomic E-state index is 0.172. The van der Waals surface area contributed by atoms with Gasteiger partial charge in [-0.2, -0.15) is 0 Å². The van der Waals surface area contributed by atoms with Crippen LogP contribution < -0.4 is 10.4 Å². The summed E-state index contributed by atoms with van der Waals surface area (Å²) in [7, 11) is 0. The third-order valence-corrected chi connectivity index (χ3v) is 6.53. The quantitative estimate of drug-likeness (QED) is 0.500. The molecule has 0 spiro atoms. The van der Waals surface area contributed by atoms with E-state index in [-0.39, 0.29) is 10.8 Å². The first-order chi connectivity index (χ1) is 12.6. The van der Waals surface area contributed by atoms with Crippen molar-refractivity contribution in [2.24, 2.45) is 5.41 Å². The molecule has 0 heterocycles. The molecule has 2 aromatic carbocycles. The van der Waals surface area contributed by atoms with Crippen LogP contribution in [0.5, 0.6) is 0 Å². The molecule has 0 fully saturated rings. The molecule has 0 N–H and O–H groups in total. The van der Waals surface area contributed by atoms with Gasteiger partial charge in [0.05, 0.1) is 0 Å². The molecule has 0 amide bonds. The first kappa shape index (κ1) is 17.0. The third-order valence-electron chi connectivity index (χ3n) is 6.53. The van der Waals surface area contributed by atoms with E-state index in [1.54, 1.807) is 11.1 Å². The molecule has 0 heteroatoms. The van der Waals surface area contributed by atoms with Crippen LogP contribution in [0.1, 0.15) is 75.8 Å². The second-order valence-electron chi connectivity index (χ2n) is 10.6. The zero-order valence-corrected chi connectivity index (χ0v) is 17.6. The Kier molecular flexibility index (Phi) is 3.32. The number of rotatable bonds is 0. The Bertz CT molecular complexity index is 1140. The highest BCUT2D eigenvalue weighted by Gasteiger charge is 2.31. The summed E-state index contributed by atoms with van der Waals surface area (Å²) in [5.41, 5.74) is 12.6. The lowest BCUT2D eigenvalue weighted by Gasteiger charge is -2.24. The summed E-state index contributed by atoms with van der Waals surface area (Å²) >= 11 is 0. The van der Waals surface area contributed by atoms with E-state index < -0.39 is 0 Å². The van der Waals surface area contributed by atoms with Gasteiger partial charge in [-0.25, -0.2) is 0 Å². The number of allylic oxidation sites excluding steroid dienone is 2. The van der Waals surface area contributed by atoms with Crippen LogP contribution in [0.25, 0.3) is 28.9 Å². The van der Waals surface area contributed by atoms with Crippen molar-refractivity contribution >= 4 is 17.7 Å². The normalized spacial score (nSPS) is 16.9. The van der Waals surface area contributed by atoms with Crippen molar-refractivity contribution in [1.82, 2.24) is 0 Å². The molecule has 3 aliphatic rings. The molecule has 0 bridgehead atoms.